The normalized spacial score (nSPS) is 10.8. The van der Waals surface area contributed by atoms with Gasteiger partial charge in [0.15, 0.2) is 11.5 Å². The van der Waals surface area contributed by atoms with E-state index in [1.807, 2.05) is 24.3 Å². The highest BCUT2D eigenvalue weighted by atomic mass is 19.1. The molecule has 164 valence electrons. The highest BCUT2D eigenvalue weighted by Gasteiger charge is 2.10. The molecule has 1 amide bonds. The number of halogens is 1. The van der Waals surface area contributed by atoms with Crippen LogP contribution >= 0.6 is 0 Å². The van der Waals surface area contributed by atoms with Gasteiger partial charge < -0.3 is 15.4 Å². The molecule has 0 aliphatic heterocycles. The zero-order valence-corrected chi connectivity index (χ0v) is 17.6. The van der Waals surface area contributed by atoms with Crippen molar-refractivity contribution in [3.63, 3.8) is 0 Å². The van der Waals surface area contributed by atoms with Crippen LogP contribution in [0, 0.1) is 5.82 Å². The van der Waals surface area contributed by atoms with E-state index in [9.17, 15) is 9.18 Å². The number of nitrogens with zero attached hydrogens (tertiary/aromatic N) is 4. The minimum atomic E-state index is -0.268. The lowest BCUT2D eigenvalue weighted by atomic mass is 10.2. The van der Waals surface area contributed by atoms with Crippen LogP contribution in [0.1, 0.15) is 23.4 Å². The van der Waals surface area contributed by atoms with Crippen molar-refractivity contribution in [3.05, 3.63) is 83.4 Å². The molecule has 8 nitrogen and oxygen atoms in total. The molecule has 0 spiro atoms. The van der Waals surface area contributed by atoms with Gasteiger partial charge in [0.1, 0.15) is 17.4 Å². The molecule has 2 aromatic carbocycles. The molecule has 0 saturated heterocycles. The number of fused-ring (bicyclic) bond motifs is 1. The van der Waals surface area contributed by atoms with Gasteiger partial charge >= 0.3 is 0 Å². The topological polar surface area (TPSA) is 93.4 Å². The maximum Gasteiger partial charge on any atom is 0.220 e. The van der Waals surface area contributed by atoms with Crippen LogP contribution in [0.3, 0.4) is 0 Å². The maximum absolute atomic E-state index is 13.0. The second kappa shape index (κ2) is 9.86. The fourth-order valence-electron chi connectivity index (χ4n) is 3.14. The third-order valence-electron chi connectivity index (χ3n) is 4.94. The minimum absolute atomic E-state index is 0.0804. The van der Waals surface area contributed by atoms with Crippen molar-refractivity contribution in [2.45, 2.75) is 25.9 Å². The van der Waals surface area contributed by atoms with E-state index in [0.717, 1.165) is 16.9 Å². The third kappa shape index (κ3) is 5.37. The van der Waals surface area contributed by atoms with Gasteiger partial charge in [0.25, 0.3) is 0 Å². The van der Waals surface area contributed by atoms with Gasteiger partial charge in [-0.25, -0.2) is 4.39 Å². The summed E-state index contributed by atoms with van der Waals surface area (Å²) in [5.41, 5.74) is 2.53. The predicted molar refractivity (Wildman–Crippen MR) is 118 cm³/mol. The largest absolute Gasteiger partial charge is 0.497 e. The van der Waals surface area contributed by atoms with Crippen molar-refractivity contribution >= 4 is 17.4 Å². The van der Waals surface area contributed by atoms with Gasteiger partial charge in [-0.2, -0.15) is 4.52 Å². The van der Waals surface area contributed by atoms with Crippen molar-refractivity contribution in [1.29, 1.82) is 0 Å². The van der Waals surface area contributed by atoms with Crippen molar-refractivity contribution in [2.75, 3.05) is 12.4 Å². The number of amides is 1. The van der Waals surface area contributed by atoms with E-state index in [-0.39, 0.29) is 18.1 Å². The smallest absolute Gasteiger partial charge is 0.220 e. The molecule has 2 heterocycles. The van der Waals surface area contributed by atoms with Gasteiger partial charge in [0.05, 0.1) is 7.11 Å². The molecule has 0 aliphatic rings. The molecule has 2 aromatic heterocycles. The number of hydrogen-bond acceptors (Lipinski definition) is 6. The second-order valence-corrected chi connectivity index (χ2v) is 7.21. The van der Waals surface area contributed by atoms with E-state index in [1.54, 1.807) is 35.9 Å². The number of ether oxygens (including phenoxy) is 1. The Bertz CT molecular complexity index is 1190. The molecule has 0 unspecified atom stereocenters. The highest BCUT2D eigenvalue weighted by Crippen LogP contribution is 2.12. The van der Waals surface area contributed by atoms with Crippen LogP contribution < -0.4 is 15.4 Å². The lowest BCUT2D eigenvalue weighted by Gasteiger charge is -2.07. The molecule has 4 aromatic rings. The van der Waals surface area contributed by atoms with E-state index < -0.39 is 0 Å². The summed E-state index contributed by atoms with van der Waals surface area (Å²) < 4.78 is 19.8. The van der Waals surface area contributed by atoms with Crippen molar-refractivity contribution in [1.82, 2.24) is 25.1 Å². The Hall–Kier alpha value is -4.01. The number of hydrogen-bond donors (Lipinski definition) is 2. The zero-order chi connectivity index (χ0) is 22.3. The van der Waals surface area contributed by atoms with Gasteiger partial charge in [-0.1, -0.05) is 24.3 Å². The molecule has 2 N–H and O–H groups in total. The molecule has 4 rings (SSSR count). The Balaban J connectivity index is 1.32. The fourth-order valence-corrected chi connectivity index (χ4v) is 3.14. The lowest BCUT2D eigenvalue weighted by molar-refractivity contribution is -0.121. The highest BCUT2D eigenvalue weighted by molar-refractivity contribution is 5.76. The average molecular weight is 434 g/mol. The molecule has 0 radical (unpaired) electrons. The van der Waals surface area contributed by atoms with Gasteiger partial charge in [-0.15, -0.1) is 15.3 Å². The molecular formula is C23H23FN6O2. The van der Waals surface area contributed by atoms with E-state index in [1.165, 1.54) is 12.1 Å². The number of aromatic nitrogens is 4. The molecule has 0 fully saturated rings. The van der Waals surface area contributed by atoms with Crippen LogP contribution in [0.25, 0.3) is 5.65 Å². The van der Waals surface area contributed by atoms with Crippen molar-refractivity contribution < 1.29 is 13.9 Å². The van der Waals surface area contributed by atoms with Crippen LogP contribution in [0.2, 0.25) is 0 Å². The minimum Gasteiger partial charge on any atom is -0.497 e. The summed E-state index contributed by atoms with van der Waals surface area (Å²) in [5, 5.41) is 18.9. The van der Waals surface area contributed by atoms with Crippen molar-refractivity contribution in [3.8, 4) is 5.75 Å². The third-order valence-corrected chi connectivity index (χ3v) is 4.94. The van der Waals surface area contributed by atoms with Gasteiger partial charge in [-0.3, -0.25) is 4.79 Å². The van der Waals surface area contributed by atoms with E-state index in [2.05, 4.69) is 25.9 Å². The summed E-state index contributed by atoms with van der Waals surface area (Å²) in [6.45, 7) is 0.948. The number of carbonyl (C=O) groups is 1. The first-order chi connectivity index (χ1) is 15.6. The Morgan fingerprint density at radius 1 is 0.969 bits per heavy atom. The molecule has 9 heteroatoms. The standard InChI is InChI=1S/C23H23FN6O2/c1-32-19-8-4-17(5-9-19)15-26-23(31)13-12-22-28-27-21-11-10-20(29-30(21)22)25-14-16-2-6-18(24)7-3-16/h2-11H,12-15H2,1H3,(H,25,29)(H,26,31). The summed E-state index contributed by atoms with van der Waals surface area (Å²) in [4.78, 5) is 12.3. The second-order valence-electron chi connectivity index (χ2n) is 7.21. The summed E-state index contributed by atoms with van der Waals surface area (Å²) in [7, 11) is 1.62. The van der Waals surface area contributed by atoms with Gasteiger partial charge in [-0.05, 0) is 47.5 Å². The van der Waals surface area contributed by atoms with Crippen LogP contribution in [0.15, 0.2) is 60.7 Å². The Kier molecular flexibility index (Phi) is 6.54. The lowest BCUT2D eigenvalue weighted by Crippen LogP contribution is -2.23. The number of anilines is 1. The number of benzene rings is 2. The zero-order valence-electron chi connectivity index (χ0n) is 17.6. The number of carbonyl (C=O) groups excluding carboxylic acids is 1. The maximum atomic E-state index is 13.0. The summed E-state index contributed by atoms with van der Waals surface area (Å²) in [5.74, 6) is 1.66. The van der Waals surface area contributed by atoms with Crippen LogP contribution in [-0.2, 0) is 24.3 Å². The first-order valence-electron chi connectivity index (χ1n) is 10.2. The van der Waals surface area contributed by atoms with E-state index >= 15 is 0 Å². The first kappa shape index (κ1) is 21.2. The summed E-state index contributed by atoms with van der Waals surface area (Å²) in [6, 6.07) is 17.4. The SMILES string of the molecule is COc1ccc(CNC(=O)CCc2nnc3ccc(NCc4ccc(F)cc4)nn23)cc1. The molecule has 32 heavy (non-hydrogen) atoms. The van der Waals surface area contributed by atoms with E-state index in [4.69, 9.17) is 4.74 Å². The van der Waals surface area contributed by atoms with Crippen LogP contribution in [0.5, 0.6) is 5.75 Å². The summed E-state index contributed by atoms with van der Waals surface area (Å²) in [6.07, 6.45) is 0.676. The van der Waals surface area contributed by atoms with Crippen LogP contribution in [0.4, 0.5) is 10.2 Å². The Morgan fingerprint density at radius 2 is 1.69 bits per heavy atom. The number of aryl methyl sites for hydroxylation is 1. The molecular weight excluding hydrogens is 411 g/mol. The molecule has 0 atom stereocenters. The van der Waals surface area contributed by atoms with Crippen molar-refractivity contribution in [2.24, 2.45) is 0 Å². The quantitative estimate of drug-likeness (QED) is 0.420. The number of nitrogens with one attached hydrogen (secondary N) is 2. The monoisotopic (exact) mass is 434 g/mol. The van der Waals surface area contributed by atoms with Crippen LogP contribution in [-0.4, -0.2) is 32.8 Å². The Morgan fingerprint density at radius 3 is 2.44 bits per heavy atom. The average Bonchev–Trinajstić information content (AvgIpc) is 3.23. The first-order valence-corrected chi connectivity index (χ1v) is 10.2. The van der Waals surface area contributed by atoms with E-state index in [0.29, 0.717) is 36.8 Å². The molecule has 0 saturated carbocycles. The summed E-state index contributed by atoms with van der Waals surface area (Å²) >= 11 is 0. The van der Waals surface area contributed by atoms with Gasteiger partial charge in [0.2, 0.25) is 5.91 Å². The predicted octanol–water partition coefficient (Wildman–Crippen LogP) is 3.13. The number of methoxy groups -OCH3 is 1. The Labute approximate surface area is 184 Å². The van der Waals surface area contributed by atoms with Gasteiger partial charge in [0, 0.05) is 25.9 Å². The molecule has 0 bridgehead atoms. The fraction of sp³-hybridized carbons (Fsp3) is 0.217. The molecule has 0 aliphatic carbocycles. The number of rotatable bonds is 9.